The van der Waals surface area contributed by atoms with Gasteiger partial charge in [0.25, 0.3) is 5.91 Å². The molecule has 1 aliphatic rings. The van der Waals surface area contributed by atoms with E-state index in [2.05, 4.69) is 29.7 Å². The van der Waals surface area contributed by atoms with E-state index in [4.69, 9.17) is 21.1 Å². The summed E-state index contributed by atoms with van der Waals surface area (Å²) in [6, 6.07) is 20.0. The van der Waals surface area contributed by atoms with Crippen LogP contribution in [0.25, 0.3) is 6.08 Å². The van der Waals surface area contributed by atoms with Gasteiger partial charge >= 0.3 is 0 Å². The average molecular weight is 509 g/mol. The number of rotatable bonds is 9. The Morgan fingerprint density at radius 2 is 1.74 bits per heavy atom. The van der Waals surface area contributed by atoms with Gasteiger partial charge in [0, 0.05) is 5.69 Å². The average Bonchev–Trinajstić information content (AvgIpc) is 3.18. The number of hydrogen-bond acceptors (Lipinski definition) is 5. The van der Waals surface area contributed by atoms with E-state index in [1.807, 2.05) is 62.4 Å². The number of aryl methyl sites for hydroxylation is 2. The van der Waals surface area contributed by atoms with E-state index in [9.17, 15) is 4.79 Å². The minimum Gasteiger partial charge on any atom is -0.490 e. The molecule has 7 heteroatoms. The highest BCUT2D eigenvalue weighted by atomic mass is 35.5. The molecule has 0 aliphatic carbocycles. The van der Waals surface area contributed by atoms with E-state index in [1.165, 1.54) is 22.9 Å². The molecule has 35 heavy (non-hydrogen) atoms. The van der Waals surface area contributed by atoms with Gasteiger partial charge in [0.15, 0.2) is 17.0 Å². The third-order valence-electron chi connectivity index (χ3n) is 5.52. The van der Waals surface area contributed by atoms with Crippen LogP contribution in [0.5, 0.6) is 11.5 Å². The van der Waals surface area contributed by atoms with Crippen LogP contribution < -0.4 is 20.1 Å². The van der Waals surface area contributed by atoms with Gasteiger partial charge in [-0.05, 0) is 67.3 Å². The van der Waals surface area contributed by atoms with Crippen molar-refractivity contribution in [2.24, 2.45) is 0 Å². The maximum atomic E-state index is 12.6. The van der Waals surface area contributed by atoms with Crippen molar-refractivity contribution in [3.8, 4) is 11.5 Å². The summed E-state index contributed by atoms with van der Waals surface area (Å²) in [6.45, 7) is 6.93. The number of thioether (sulfide) groups is 1. The molecular weight excluding hydrogens is 480 g/mol. The van der Waals surface area contributed by atoms with Gasteiger partial charge in [0.05, 0.1) is 16.5 Å². The third-order valence-corrected chi connectivity index (χ3v) is 6.83. The number of benzene rings is 3. The molecule has 0 spiro atoms. The molecule has 5 nitrogen and oxygen atoms in total. The molecule has 0 aromatic heterocycles. The highest BCUT2D eigenvalue weighted by Crippen LogP contribution is 2.39. The van der Waals surface area contributed by atoms with E-state index in [1.54, 1.807) is 6.07 Å². The summed E-state index contributed by atoms with van der Waals surface area (Å²) in [5.74, 6) is 0.911. The minimum atomic E-state index is -0.250. The monoisotopic (exact) mass is 508 g/mol. The SMILES string of the molecule is CCOc1cc(/C=C2\S[C@@H](Nc3ccc(CC)cc3)NC2=O)cc(Cl)c1OCc1ccc(C)cc1. The summed E-state index contributed by atoms with van der Waals surface area (Å²) in [4.78, 5) is 13.2. The Labute approximate surface area is 215 Å². The van der Waals surface area contributed by atoms with Gasteiger partial charge in [-0.25, -0.2) is 0 Å². The number of nitrogens with one attached hydrogen (secondary N) is 2. The van der Waals surface area contributed by atoms with Gasteiger partial charge in [0.2, 0.25) is 0 Å². The maximum absolute atomic E-state index is 12.6. The second-order valence-corrected chi connectivity index (χ2v) is 9.77. The number of carbonyl (C=O) groups is 1. The van der Waals surface area contributed by atoms with Crippen LogP contribution in [0.3, 0.4) is 0 Å². The number of ether oxygens (including phenoxy) is 2. The van der Waals surface area contributed by atoms with Crippen molar-refractivity contribution >= 4 is 41.0 Å². The molecule has 0 radical (unpaired) electrons. The lowest BCUT2D eigenvalue weighted by Crippen LogP contribution is -2.30. The Hall–Kier alpha value is -3.09. The van der Waals surface area contributed by atoms with Crippen LogP contribution in [0, 0.1) is 6.92 Å². The van der Waals surface area contributed by atoms with E-state index in [-0.39, 0.29) is 11.4 Å². The van der Waals surface area contributed by atoms with E-state index in [0.717, 1.165) is 23.2 Å². The fourth-order valence-electron chi connectivity index (χ4n) is 3.62. The summed E-state index contributed by atoms with van der Waals surface area (Å²) in [6.07, 6.45) is 2.81. The normalized spacial score (nSPS) is 16.3. The Morgan fingerprint density at radius 1 is 1.03 bits per heavy atom. The predicted molar refractivity (Wildman–Crippen MR) is 145 cm³/mol. The van der Waals surface area contributed by atoms with Crippen LogP contribution in [0.2, 0.25) is 5.02 Å². The number of hydrogen-bond donors (Lipinski definition) is 2. The fraction of sp³-hybridized carbons (Fsp3) is 0.250. The van der Waals surface area contributed by atoms with Crippen LogP contribution in [0.15, 0.2) is 65.6 Å². The third kappa shape index (κ3) is 6.53. The highest BCUT2D eigenvalue weighted by Gasteiger charge is 2.27. The fourth-order valence-corrected chi connectivity index (χ4v) is 4.88. The molecule has 4 rings (SSSR count). The molecule has 1 saturated heterocycles. The predicted octanol–water partition coefficient (Wildman–Crippen LogP) is 6.79. The first-order valence-corrected chi connectivity index (χ1v) is 12.9. The van der Waals surface area contributed by atoms with Crippen LogP contribution >= 0.6 is 23.4 Å². The van der Waals surface area contributed by atoms with Gasteiger partial charge in [0.1, 0.15) is 6.61 Å². The smallest absolute Gasteiger partial charge is 0.260 e. The lowest BCUT2D eigenvalue weighted by molar-refractivity contribution is -0.116. The molecule has 1 heterocycles. The first-order valence-electron chi connectivity index (χ1n) is 11.6. The first-order chi connectivity index (χ1) is 16.9. The summed E-state index contributed by atoms with van der Waals surface area (Å²) in [5, 5.41) is 6.75. The standard InChI is InChI=1S/C28H29ClN2O3S/c1-4-19-10-12-22(13-11-19)30-28-31-27(32)25(35-28)16-21-14-23(29)26(24(15-21)33-5-2)34-17-20-8-6-18(3)7-9-20/h6-16,28,30H,4-5,17H2,1-3H3,(H,31,32)/b25-16-/t28-/m0/s1. The summed E-state index contributed by atoms with van der Waals surface area (Å²) < 4.78 is 11.8. The molecule has 1 amide bonds. The maximum Gasteiger partial charge on any atom is 0.260 e. The number of carbonyl (C=O) groups excluding carboxylic acids is 1. The van der Waals surface area contributed by atoms with Crippen molar-refractivity contribution in [1.82, 2.24) is 5.32 Å². The summed E-state index contributed by atoms with van der Waals surface area (Å²) >= 11 is 8.02. The molecule has 3 aromatic carbocycles. The van der Waals surface area contributed by atoms with E-state index in [0.29, 0.717) is 34.6 Å². The number of amides is 1. The quantitative estimate of drug-likeness (QED) is 0.312. The lowest BCUT2D eigenvalue weighted by atomic mass is 10.1. The minimum absolute atomic E-state index is 0.133. The number of anilines is 1. The van der Waals surface area contributed by atoms with Gasteiger partial charge in [-0.15, -0.1) is 0 Å². The van der Waals surface area contributed by atoms with Crippen LogP contribution in [-0.4, -0.2) is 18.0 Å². The Morgan fingerprint density at radius 3 is 2.43 bits per heavy atom. The zero-order valence-electron chi connectivity index (χ0n) is 20.1. The second kappa shape index (κ2) is 11.6. The molecule has 2 N–H and O–H groups in total. The van der Waals surface area contributed by atoms with Crippen molar-refractivity contribution in [2.75, 3.05) is 11.9 Å². The molecule has 1 aliphatic heterocycles. The molecular formula is C28H29ClN2O3S. The van der Waals surface area contributed by atoms with Crippen LogP contribution in [0.4, 0.5) is 5.69 Å². The Bertz CT molecular complexity index is 1210. The first kappa shape index (κ1) is 25.0. The van der Waals surface area contributed by atoms with Gasteiger partial charge in [-0.2, -0.15) is 0 Å². The van der Waals surface area contributed by atoms with Crippen LogP contribution in [0.1, 0.15) is 36.1 Å². The highest BCUT2D eigenvalue weighted by molar-refractivity contribution is 8.05. The van der Waals surface area contributed by atoms with Crippen LogP contribution in [-0.2, 0) is 17.8 Å². The largest absolute Gasteiger partial charge is 0.490 e. The molecule has 3 aromatic rings. The second-order valence-electron chi connectivity index (χ2n) is 8.21. The topological polar surface area (TPSA) is 59.6 Å². The molecule has 0 bridgehead atoms. The van der Waals surface area contributed by atoms with Gasteiger partial charge in [-0.1, -0.05) is 72.2 Å². The van der Waals surface area contributed by atoms with E-state index < -0.39 is 0 Å². The molecule has 0 saturated carbocycles. The zero-order chi connectivity index (χ0) is 24.8. The molecule has 1 fully saturated rings. The number of halogens is 1. The van der Waals surface area contributed by atoms with Gasteiger partial charge < -0.3 is 20.1 Å². The Kier molecular flexibility index (Phi) is 8.26. The van der Waals surface area contributed by atoms with E-state index >= 15 is 0 Å². The summed E-state index contributed by atoms with van der Waals surface area (Å²) in [7, 11) is 0. The molecule has 182 valence electrons. The van der Waals surface area contributed by atoms with Crippen molar-refractivity contribution in [3.63, 3.8) is 0 Å². The zero-order valence-corrected chi connectivity index (χ0v) is 21.6. The van der Waals surface area contributed by atoms with Crippen molar-refractivity contribution < 1.29 is 14.3 Å². The Balaban J connectivity index is 1.48. The molecule has 1 atom stereocenters. The van der Waals surface area contributed by atoms with Crippen molar-refractivity contribution in [1.29, 1.82) is 0 Å². The van der Waals surface area contributed by atoms with Gasteiger partial charge in [-0.3, -0.25) is 4.79 Å². The van der Waals surface area contributed by atoms with Crippen molar-refractivity contribution in [2.45, 2.75) is 39.3 Å². The summed E-state index contributed by atoms with van der Waals surface area (Å²) in [5.41, 5.74) is 4.99. The lowest BCUT2D eigenvalue weighted by Gasteiger charge is -2.15. The van der Waals surface area contributed by atoms with Crippen molar-refractivity contribution in [3.05, 3.63) is 92.8 Å². The molecule has 0 unspecified atom stereocenters.